The predicted molar refractivity (Wildman–Crippen MR) is 76.8 cm³/mol. The third-order valence-corrected chi connectivity index (χ3v) is 3.33. The lowest BCUT2D eigenvalue weighted by molar-refractivity contribution is 0.180. The van der Waals surface area contributed by atoms with E-state index < -0.39 is 6.10 Å². The summed E-state index contributed by atoms with van der Waals surface area (Å²) in [6.07, 6.45) is 3.62. The standard InChI is InChI=1S/C17H15NO/c19-17(11-13-5-4-10-18-12-13)16-9-3-7-14-6-1-2-8-15(14)16/h1-10,12,17,19H,11H2. The maximum atomic E-state index is 10.4. The van der Waals surface area contributed by atoms with E-state index >= 15 is 0 Å². The lowest BCUT2D eigenvalue weighted by atomic mass is 9.97. The van der Waals surface area contributed by atoms with Crippen LogP contribution in [0.5, 0.6) is 0 Å². The third kappa shape index (κ3) is 2.49. The van der Waals surface area contributed by atoms with Crippen molar-refractivity contribution in [2.24, 2.45) is 0 Å². The average Bonchev–Trinajstić information content (AvgIpc) is 2.47. The van der Waals surface area contributed by atoms with Crippen molar-refractivity contribution in [3.63, 3.8) is 0 Å². The largest absolute Gasteiger partial charge is 0.388 e. The Morgan fingerprint density at radius 3 is 2.63 bits per heavy atom. The fourth-order valence-electron chi connectivity index (χ4n) is 2.39. The molecule has 2 nitrogen and oxygen atoms in total. The molecular weight excluding hydrogens is 234 g/mol. The minimum absolute atomic E-state index is 0.504. The van der Waals surface area contributed by atoms with E-state index in [1.165, 1.54) is 0 Å². The van der Waals surface area contributed by atoms with Gasteiger partial charge < -0.3 is 5.11 Å². The molecule has 0 aliphatic heterocycles. The molecule has 2 aromatic carbocycles. The summed E-state index contributed by atoms with van der Waals surface area (Å²) >= 11 is 0. The molecule has 1 unspecified atom stereocenters. The Kier molecular flexibility index (Phi) is 3.25. The van der Waals surface area contributed by atoms with Crippen molar-refractivity contribution in [3.8, 4) is 0 Å². The Hall–Kier alpha value is -2.19. The number of rotatable bonds is 3. The highest BCUT2D eigenvalue weighted by Crippen LogP contribution is 2.26. The minimum Gasteiger partial charge on any atom is -0.388 e. The Balaban J connectivity index is 1.96. The van der Waals surface area contributed by atoms with Crippen LogP contribution < -0.4 is 0 Å². The summed E-state index contributed by atoms with van der Waals surface area (Å²) in [6, 6.07) is 18.1. The average molecular weight is 249 g/mol. The van der Waals surface area contributed by atoms with Gasteiger partial charge in [0, 0.05) is 18.8 Å². The normalized spacial score (nSPS) is 12.5. The first kappa shape index (κ1) is 11.9. The number of fused-ring (bicyclic) bond motifs is 1. The first-order valence-corrected chi connectivity index (χ1v) is 6.39. The van der Waals surface area contributed by atoms with Crippen LogP contribution in [0.2, 0.25) is 0 Å². The summed E-state index contributed by atoms with van der Waals surface area (Å²) in [5, 5.41) is 12.7. The molecule has 0 saturated carbocycles. The molecule has 19 heavy (non-hydrogen) atoms. The monoisotopic (exact) mass is 249 g/mol. The Morgan fingerprint density at radius 1 is 0.947 bits per heavy atom. The first-order valence-electron chi connectivity index (χ1n) is 6.39. The molecule has 0 saturated heterocycles. The minimum atomic E-state index is -0.504. The molecule has 0 fully saturated rings. The van der Waals surface area contributed by atoms with E-state index in [1.54, 1.807) is 12.4 Å². The maximum absolute atomic E-state index is 10.4. The zero-order valence-electron chi connectivity index (χ0n) is 10.5. The van der Waals surface area contributed by atoms with Crippen LogP contribution in [-0.2, 0) is 6.42 Å². The van der Waals surface area contributed by atoms with Gasteiger partial charge in [-0.15, -0.1) is 0 Å². The molecule has 2 heteroatoms. The molecule has 1 aromatic heterocycles. The molecule has 0 bridgehead atoms. The van der Waals surface area contributed by atoms with Gasteiger partial charge in [0.1, 0.15) is 0 Å². The second-order valence-corrected chi connectivity index (χ2v) is 4.65. The molecule has 0 radical (unpaired) electrons. The maximum Gasteiger partial charge on any atom is 0.0836 e. The molecule has 3 aromatic rings. The molecule has 3 rings (SSSR count). The number of benzene rings is 2. The molecular formula is C17H15NO. The van der Waals surface area contributed by atoms with Gasteiger partial charge in [-0.3, -0.25) is 4.98 Å². The van der Waals surface area contributed by atoms with Gasteiger partial charge >= 0.3 is 0 Å². The van der Waals surface area contributed by atoms with Crippen LogP contribution in [0.3, 0.4) is 0 Å². The number of nitrogens with zero attached hydrogens (tertiary/aromatic N) is 1. The van der Waals surface area contributed by atoms with Crippen molar-refractivity contribution in [1.82, 2.24) is 4.98 Å². The van der Waals surface area contributed by atoms with Gasteiger partial charge in [-0.25, -0.2) is 0 Å². The van der Waals surface area contributed by atoms with E-state index in [2.05, 4.69) is 23.2 Å². The topological polar surface area (TPSA) is 33.1 Å². The van der Waals surface area contributed by atoms with Crippen LogP contribution in [0.4, 0.5) is 0 Å². The van der Waals surface area contributed by atoms with Crippen molar-refractivity contribution < 1.29 is 5.11 Å². The quantitative estimate of drug-likeness (QED) is 0.770. The summed E-state index contributed by atoms with van der Waals surface area (Å²) < 4.78 is 0. The van der Waals surface area contributed by atoms with Gasteiger partial charge in [-0.2, -0.15) is 0 Å². The predicted octanol–water partition coefficient (Wildman–Crippen LogP) is 3.51. The molecule has 0 aliphatic carbocycles. The van der Waals surface area contributed by atoms with Gasteiger partial charge in [0.15, 0.2) is 0 Å². The van der Waals surface area contributed by atoms with Crippen molar-refractivity contribution in [3.05, 3.63) is 78.1 Å². The number of hydrogen-bond acceptors (Lipinski definition) is 2. The van der Waals surface area contributed by atoms with Gasteiger partial charge in [0.25, 0.3) is 0 Å². The fourth-order valence-corrected chi connectivity index (χ4v) is 2.39. The highest BCUT2D eigenvalue weighted by Gasteiger charge is 2.11. The van der Waals surface area contributed by atoms with Gasteiger partial charge in [0.2, 0.25) is 0 Å². The van der Waals surface area contributed by atoms with Crippen molar-refractivity contribution >= 4 is 10.8 Å². The number of aliphatic hydroxyl groups is 1. The van der Waals surface area contributed by atoms with E-state index in [9.17, 15) is 5.11 Å². The highest BCUT2D eigenvalue weighted by molar-refractivity contribution is 5.85. The summed E-state index contributed by atoms with van der Waals surface area (Å²) in [4.78, 5) is 4.08. The molecule has 0 spiro atoms. The Morgan fingerprint density at radius 2 is 1.79 bits per heavy atom. The fraction of sp³-hybridized carbons (Fsp3) is 0.118. The third-order valence-electron chi connectivity index (χ3n) is 3.33. The van der Waals surface area contributed by atoms with E-state index in [-0.39, 0.29) is 0 Å². The second-order valence-electron chi connectivity index (χ2n) is 4.65. The number of pyridine rings is 1. The van der Waals surface area contributed by atoms with Crippen LogP contribution in [0.15, 0.2) is 67.0 Å². The summed E-state index contributed by atoms with van der Waals surface area (Å²) in [6.45, 7) is 0. The second kappa shape index (κ2) is 5.21. The molecule has 0 aliphatic rings. The van der Waals surface area contributed by atoms with Crippen molar-refractivity contribution in [1.29, 1.82) is 0 Å². The van der Waals surface area contributed by atoms with E-state index in [0.717, 1.165) is 21.9 Å². The Bertz CT molecular complexity index is 674. The zero-order valence-corrected chi connectivity index (χ0v) is 10.5. The molecule has 0 amide bonds. The number of aliphatic hydroxyl groups excluding tert-OH is 1. The van der Waals surface area contributed by atoms with Crippen LogP contribution in [-0.4, -0.2) is 10.1 Å². The lowest BCUT2D eigenvalue weighted by Gasteiger charge is -2.13. The highest BCUT2D eigenvalue weighted by atomic mass is 16.3. The van der Waals surface area contributed by atoms with E-state index in [1.807, 2.05) is 36.4 Å². The molecule has 1 heterocycles. The smallest absolute Gasteiger partial charge is 0.0836 e. The van der Waals surface area contributed by atoms with E-state index in [0.29, 0.717) is 6.42 Å². The van der Waals surface area contributed by atoms with Gasteiger partial charge in [0.05, 0.1) is 6.10 Å². The zero-order chi connectivity index (χ0) is 13.1. The van der Waals surface area contributed by atoms with Crippen LogP contribution in [0.25, 0.3) is 10.8 Å². The summed E-state index contributed by atoms with van der Waals surface area (Å²) in [5.41, 5.74) is 2.02. The summed E-state index contributed by atoms with van der Waals surface area (Å²) in [7, 11) is 0. The van der Waals surface area contributed by atoms with Crippen LogP contribution in [0, 0.1) is 0 Å². The first-order chi connectivity index (χ1) is 9.34. The number of hydrogen-bond donors (Lipinski definition) is 1. The van der Waals surface area contributed by atoms with Gasteiger partial charge in [-0.1, -0.05) is 48.5 Å². The van der Waals surface area contributed by atoms with Crippen LogP contribution >= 0.6 is 0 Å². The number of aromatic nitrogens is 1. The molecule has 1 N–H and O–H groups in total. The van der Waals surface area contributed by atoms with Gasteiger partial charge in [-0.05, 0) is 28.0 Å². The Labute approximate surface area is 112 Å². The van der Waals surface area contributed by atoms with E-state index in [4.69, 9.17) is 0 Å². The van der Waals surface area contributed by atoms with Crippen molar-refractivity contribution in [2.45, 2.75) is 12.5 Å². The SMILES string of the molecule is OC(Cc1cccnc1)c1cccc2ccccc12. The van der Waals surface area contributed by atoms with Crippen LogP contribution in [0.1, 0.15) is 17.2 Å². The molecule has 1 atom stereocenters. The van der Waals surface area contributed by atoms with Crippen molar-refractivity contribution in [2.75, 3.05) is 0 Å². The lowest BCUT2D eigenvalue weighted by Crippen LogP contribution is -2.02. The molecule has 94 valence electrons. The summed E-state index contributed by atoms with van der Waals surface area (Å²) in [5.74, 6) is 0.